The van der Waals surface area contributed by atoms with Gasteiger partial charge in [-0.25, -0.2) is 4.98 Å². The summed E-state index contributed by atoms with van der Waals surface area (Å²) in [5.41, 5.74) is 1.19. The summed E-state index contributed by atoms with van der Waals surface area (Å²) < 4.78 is 37.6. The van der Waals surface area contributed by atoms with E-state index in [0.717, 1.165) is 10.6 Å². The number of nitrogens with one attached hydrogen (secondary N) is 1. The number of hydrogen-bond acceptors (Lipinski definition) is 7. The van der Waals surface area contributed by atoms with Gasteiger partial charge in [0.1, 0.15) is 11.5 Å². The molecule has 0 spiro atoms. The molecule has 1 aliphatic heterocycles. The summed E-state index contributed by atoms with van der Waals surface area (Å²) >= 11 is 1.28. The lowest BCUT2D eigenvalue weighted by atomic mass is 10.2. The molecule has 0 fully saturated rings. The Morgan fingerprint density at radius 3 is 2.43 bits per heavy atom. The molecule has 2 aromatic rings. The van der Waals surface area contributed by atoms with Gasteiger partial charge < -0.3 is 9.47 Å². The van der Waals surface area contributed by atoms with Gasteiger partial charge in [0.15, 0.2) is 5.13 Å². The fraction of sp³-hybridized carbons (Fsp3) is 0.412. The van der Waals surface area contributed by atoms with E-state index in [1.54, 1.807) is 18.2 Å². The van der Waals surface area contributed by atoms with Crippen molar-refractivity contribution in [2.75, 3.05) is 40.2 Å². The van der Waals surface area contributed by atoms with Crippen LogP contribution in [-0.4, -0.2) is 62.8 Å². The molecule has 11 heteroatoms. The van der Waals surface area contributed by atoms with Gasteiger partial charge in [0, 0.05) is 43.6 Å². The van der Waals surface area contributed by atoms with Gasteiger partial charge in [0.2, 0.25) is 0 Å². The summed E-state index contributed by atoms with van der Waals surface area (Å²) in [5, 5.41) is 3.20. The number of hydrogen-bond donors (Lipinski definition) is 1. The van der Waals surface area contributed by atoms with Crippen molar-refractivity contribution in [1.29, 1.82) is 0 Å². The molecule has 0 aliphatic carbocycles. The van der Waals surface area contributed by atoms with Crippen LogP contribution in [0.3, 0.4) is 0 Å². The number of nitrogens with zero attached hydrogens (tertiary/aromatic N) is 3. The lowest BCUT2D eigenvalue weighted by Gasteiger charge is -2.27. The van der Waals surface area contributed by atoms with Crippen molar-refractivity contribution in [2.45, 2.75) is 13.0 Å². The molecule has 0 saturated heterocycles. The van der Waals surface area contributed by atoms with Crippen molar-refractivity contribution in [1.82, 2.24) is 13.6 Å². The van der Waals surface area contributed by atoms with Crippen LogP contribution < -0.4 is 14.8 Å². The minimum Gasteiger partial charge on any atom is -0.497 e. The number of carbonyl (C=O) groups is 1. The highest BCUT2D eigenvalue weighted by atomic mass is 32.2. The van der Waals surface area contributed by atoms with E-state index in [2.05, 4.69) is 10.3 Å². The predicted molar refractivity (Wildman–Crippen MR) is 106 cm³/mol. The van der Waals surface area contributed by atoms with E-state index in [9.17, 15) is 13.2 Å². The molecule has 9 nitrogen and oxygen atoms in total. The summed E-state index contributed by atoms with van der Waals surface area (Å²) in [6.45, 7) is 0.605. The van der Waals surface area contributed by atoms with Gasteiger partial charge in [-0.1, -0.05) is 0 Å². The maximum atomic E-state index is 12.6. The first-order valence-electron chi connectivity index (χ1n) is 8.45. The summed E-state index contributed by atoms with van der Waals surface area (Å²) in [6.07, 6.45) is 0.502. The van der Waals surface area contributed by atoms with Crippen LogP contribution in [0, 0.1) is 0 Å². The number of thiazole rings is 1. The van der Waals surface area contributed by atoms with Crippen molar-refractivity contribution in [3.05, 3.63) is 34.3 Å². The third-order valence-electron chi connectivity index (χ3n) is 4.32. The molecule has 0 radical (unpaired) electrons. The monoisotopic (exact) mass is 426 g/mol. The standard InChI is InChI=1S/C17H22N4O5S2/c1-20(2)28(23,24)21-6-5-14-15(10-21)27-17(18-14)19-16(22)11-7-12(25-3)9-13(8-11)26-4/h7-9H,5-6,10H2,1-4H3,(H,18,19,22). The Bertz CT molecular complexity index is 965. The molecular weight excluding hydrogens is 404 g/mol. The zero-order chi connectivity index (χ0) is 20.5. The molecule has 3 rings (SSSR count). The molecule has 1 aliphatic rings. The molecule has 0 bridgehead atoms. The first-order chi connectivity index (χ1) is 13.2. The van der Waals surface area contributed by atoms with Gasteiger partial charge >= 0.3 is 0 Å². The van der Waals surface area contributed by atoms with E-state index in [1.165, 1.54) is 48.3 Å². The Morgan fingerprint density at radius 2 is 1.86 bits per heavy atom. The normalized spacial score (nSPS) is 14.6. The molecule has 1 aromatic carbocycles. The predicted octanol–water partition coefficient (Wildman–Crippen LogP) is 1.58. The number of anilines is 1. The Hall–Kier alpha value is -2.21. The van der Waals surface area contributed by atoms with E-state index in [0.29, 0.717) is 35.2 Å². The quantitative estimate of drug-likeness (QED) is 0.753. The van der Waals surface area contributed by atoms with Crippen LogP contribution in [0.5, 0.6) is 11.5 Å². The van der Waals surface area contributed by atoms with Crippen LogP contribution in [0.2, 0.25) is 0 Å². The first kappa shape index (κ1) is 20.5. The van der Waals surface area contributed by atoms with Crippen molar-refractivity contribution in [3.63, 3.8) is 0 Å². The van der Waals surface area contributed by atoms with Crippen LogP contribution in [0.15, 0.2) is 18.2 Å². The van der Waals surface area contributed by atoms with E-state index < -0.39 is 10.2 Å². The molecular formula is C17H22N4O5S2. The number of carbonyl (C=O) groups excluding carboxylic acids is 1. The molecule has 1 amide bonds. The van der Waals surface area contributed by atoms with Crippen molar-refractivity contribution >= 4 is 32.6 Å². The second-order valence-electron chi connectivity index (χ2n) is 6.32. The topological polar surface area (TPSA) is 101 Å². The third kappa shape index (κ3) is 4.12. The van der Waals surface area contributed by atoms with Crippen LogP contribution in [-0.2, 0) is 23.2 Å². The number of fused-ring (bicyclic) bond motifs is 1. The minimum atomic E-state index is -3.48. The highest BCUT2D eigenvalue weighted by Gasteiger charge is 2.30. The number of ether oxygens (including phenoxy) is 2. The second kappa shape index (κ2) is 8.03. The van der Waals surface area contributed by atoms with Crippen LogP contribution in [0.4, 0.5) is 5.13 Å². The highest BCUT2D eigenvalue weighted by molar-refractivity contribution is 7.86. The second-order valence-corrected chi connectivity index (χ2v) is 9.54. The van der Waals surface area contributed by atoms with E-state index in [4.69, 9.17) is 9.47 Å². The zero-order valence-electron chi connectivity index (χ0n) is 16.1. The summed E-state index contributed by atoms with van der Waals surface area (Å²) in [6, 6.07) is 4.90. The molecule has 152 valence electrons. The Labute approximate surface area is 168 Å². The largest absolute Gasteiger partial charge is 0.497 e. The summed E-state index contributed by atoms with van der Waals surface area (Å²) in [7, 11) is 2.55. The van der Waals surface area contributed by atoms with Crippen LogP contribution in [0.1, 0.15) is 20.9 Å². The van der Waals surface area contributed by atoms with E-state index in [1.807, 2.05) is 0 Å². The maximum absolute atomic E-state index is 12.6. The average Bonchev–Trinajstić information content (AvgIpc) is 3.08. The van der Waals surface area contributed by atoms with Gasteiger partial charge in [-0.05, 0) is 12.1 Å². The fourth-order valence-electron chi connectivity index (χ4n) is 2.76. The van der Waals surface area contributed by atoms with Gasteiger partial charge in [-0.15, -0.1) is 11.3 Å². The smallest absolute Gasteiger partial charge is 0.281 e. The van der Waals surface area contributed by atoms with Crippen molar-refractivity contribution in [2.24, 2.45) is 0 Å². The minimum absolute atomic E-state index is 0.246. The number of methoxy groups -OCH3 is 2. The average molecular weight is 427 g/mol. The molecule has 0 atom stereocenters. The Balaban J connectivity index is 1.78. The van der Waals surface area contributed by atoms with Crippen LogP contribution >= 0.6 is 11.3 Å². The van der Waals surface area contributed by atoms with E-state index in [-0.39, 0.29) is 12.5 Å². The molecule has 2 heterocycles. The first-order valence-corrected chi connectivity index (χ1v) is 10.7. The number of aromatic nitrogens is 1. The fourth-order valence-corrected chi connectivity index (χ4v) is 4.94. The van der Waals surface area contributed by atoms with Crippen molar-refractivity contribution < 1.29 is 22.7 Å². The van der Waals surface area contributed by atoms with Gasteiger partial charge in [0.25, 0.3) is 16.1 Å². The molecule has 1 N–H and O–H groups in total. The third-order valence-corrected chi connectivity index (χ3v) is 7.20. The molecule has 0 unspecified atom stereocenters. The highest BCUT2D eigenvalue weighted by Crippen LogP contribution is 2.30. The Morgan fingerprint density at radius 1 is 1.21 bits per heavy atom. The SMILES string of the molecule is COc1cc(OC)cc(C(=O)Nc2nc3c(s2)CN(S(=O)(=O)N(C)C)CC3)c1. The lowest BCUT2D eigenvalue weighted by molar-refractivity contribution is 0.102. The lowest BCUT2D eigenvalue weighted by Crippen LogP contribution is -2.42. The van der Waals surface area contributed by atoms with Gasteiger partial charge in [0.05, 0.1) is 26.5 Å². The maximum Gasteiger partial charge on any atom is 0.281 e. The molecule has 1 aromatic heterocycles. The van der Waals surface area contributed by atoms with Gasteiger partial charge in [-0.3, -0.25) is 10.1 Å². The van der Waals surface area contributed by atoms with E-state index >= 15 is 0 Å². The summed E-state index contributed by atoms with van der Waals surface area (Å²) in [4.78, 5) is 17.9. The molecule has 28 heavy (non-hydrogen) atoms. The van der Waals surface area contributed by atoms with Crippen molar-refractivity contribution in [3.8, 4) is 11.5 Å². The Kier molecular flexibility index (Phi) is 5.89. The number of rotatable bonds is 6. The van der Waals surface area contributed by atoms with Crippen LogP contribution in [0.25, 0.3) is 0 Å². The summed E-state index contributed by atoms with van der Waals surface area (Å²) in [5.74, 6) is 0.668. The zero-order valence-corrected chi connectivity index (χ0v) is 17.7. The number of benzene rings is 1. The number of amides is 1. The van der Waals surface area contributed by atoms with Gasteiger partial charge in [-0.2, -0.15) is 17.0 Å². The molecule has 0 saturated carbocycles.